The fraction of sp³-hybridized carbons (Fsp3) is 0.0909. The molecule has 1 fully saturated rings. The van der Waals surface area contributed by atoms with Crippen molar-refractivity contribution in [2.45, 2.75) is 13.0 Å². The highest BCUT2D eigenvalue weighted by atomic mass is 35.5. The lowest BCUT2D eigenvalue weighted by molar-refractivity contribution is -0.132. The third-order valence-electron chi connectivity index (χ3n) is 4.76. The van der Waals surface area contributed by atoms with Crippen molar-refractivity contribution in [1.82, 2.24) is 0 Å². The summed E-state index contributed by atoms with van der Waals surface area (Å²) in [5, 5.41) is 10.7. The number of hydrogen-bond acceptors (Lipinski definition) is 4. The molecule has 1 atom stereocenters. The van der Waals surface area contributed by atoms with E-state index in [1.165, 1.54) is 18.4 Å². The fourth-order valence-corrected chi connectivity index (χ4v) is 3.49. The third kappa shape index (κ3) is 3.21. The van der Waals surface area contributed by atoms with Crippen LogP contribution in [0.3, 0.4) is 0 Å². The summed E-state index contributed by atoms with van der Waals surface area (Å²) in [6, 6.07) is 12.8. The van der Waals surface area contributed by atoms with E-state index in [9.17, 15) is 19.1 Å². The van der Waals surface area contributed by atoms with Crippen LogP contribution in [0.4, 0.5) is 10.1 Å². The van der Waals surface area contributed by atoms with E-state index in [-0.39, 0.29) is 27.8 Å². The third-order valence-corrected chi connectivity index (χ3v) is 5.05. The van der Waals surface area contributed by atoms with Gasteiger partial charge in [0.25, 0.3) is 11.7 Å². The lowest BCUT2D eigenvalue weighted by Crippen LogP contribution is -2.29. The molecule has 29 heavy (non-hydrogen) atoms. The summed E-state index contributed by atoms with van der Waals surface area (Å²) in [5.41, 5.74) is 1.46. The van der Waals surface area contributed by atoms with Gasteiger partial charge in [-0.05, 0) is 37.3 Å². The van der Waals surface area contributed by atoms with Crippen molar-refractivity contribution in [3.63, 3.8) is 0 Å². The van der Waals surface area contributed by atoms with Crippen LogP contribution in [-0.4, -0.2) is 16.8 Å². The first-order valence-electron chi connectivity index (χ1n) is 8.75. The molecule has 1 amide bonds. The fourth-order valence-electron chi connectivity index (χ4n) is 3.32. The Morgan fingerprint density at radius 1 is 1.14 bits per heavy atom. The van der Waals surface area contributed by atoms with Crippen molar-refractivity contribution in [2.24, 2.45) is 0 Å². The largest absolute Gasteiger partial charge is 0.507 e. The van der Waals surface area contributed by atoms with E-state index < -0.39 is 23.5 Å². The number of nitrogens with zero attached hydrogens (tertiary/aromatic N) is 1. The van der Waals surface area contributed by atoms with Crippen LogP contribution in [0.25, 0.3) is 5.76 Å². The van der Waals surface area contributed by atoms with Gasteiger partial charge in [0.1, 0.15) is 23.4 Å². The topological polar surface area (TPSA) is 70.8 Å². The summed E-state index contributed by atoms with van der Waals surface area (Å²) in [4.78, 5) is 26.9. The van der Waals surface area contributed by atoms with Gasteiger partial charge in [-0.15, -0.1) is 0 Å². The summed E-state index contributed by atoms with van der Waals surface area (Å²) in [6.07, 6.45) is 1.40. The summed E-state index contributed by atoms with van der Waals surface area (Å²) in [6.45, 7) is 1.89. The molecule has 1 aliphatic heterocycles. The highest BCUT2D eigenvalue weighted by Crippen LogP contribution is 2.42. The van der Waals surface area contributed by atoms with Crippen molar-refractivity contribution in [3.05, 3.63) is 94.2 Å². The molecular formula is C22H15ClFNO4. The zero-order valence-corrected chi connectivity index (χ0v) is 16.0. The normalized spacial score (nSPS) is 18.4. The number of carbonyl (C=O) groups excluding carboxylic acids is 2. The molecule has 4 rings (SSSR count). The quantitative estimate of drug-likeness (QED) is 0.374. The maximum atomic E-state index is 13.6. The minimum Gasteiger partial charge on any atom is -0.507 e. The van der Waals surface area contributed by atoms with Gasteiger partial charge in [-0.2, -0.15) is 0 Å². The van der Waals surface area contributed by atoms with Crippen LogP contribution in [0.15, 0.2) is 70.9 Å². The Kier molecular flexibility index (Phi) is 4.72. The van der Waals surface area contributed by atoms with Gasteiger partial charge in [0.15, 0.2) is 0 Å². The van der Waals surface area contributed by atoms with Crippen LogP contribution < -0.4 is 4.90 Å². The molecule has 1 aliphatic rings. The number of benzene rings is 2. The average molecular weight is 412 g/mol. The van der Waals surface area contributed by atoms with E-state index >= 15 is 0 Å². The maximum Gasteiger partial charge on any atom is 0.300 e. The van der Waals surface area contributed by atoms with Gasteiger partial charge in [0.05, 0.1) is 16.9 Å². The van der Waals surface area contributed by atoms with Crippen molar-refractivity contribution in [1.29, 1.82) is 0 Å². The van der Waals surface area contributed by atoms with Crippen LogP contribution in [0.5, 0.6) is 0 Å². The van der Waals surface area contributed by atoms with Gasteiger partial charge >= 0.3 is 0 Å². The van der Waals surface area contributed by atoms with Gasteiger partial charge in [-0.25, -0.2) is 4.39 Å². The number of aryl methyl sites for hydroxylation is 1. The molecule has 146 valence electrons. The van der Waals surface area contributed by atoms with Gasteiger partial charge in [0, 0.05) is 11.3 Å². The van der Waals surface area contributed by atoms with E-state index in [2.05, 4.69) is 0 Å². The Bertz CT molecular complexity index is 1140. The molecule has 7 heteroatoms. The predicted molar refractivity (Wildman–Crippen MR) is 106 cm³/mol. The molecule has 3 aromatic rings. The molecule has 1 unspecified atom stereocenters. The Hall–Kier alpha value is -3.38. The van der Waals surface area contributed by atoms with Crippen molar-refractivity contribution in [2.75, 3.05) is 4.90 Å². The highest BCUT2D eigenvalue weighted by molar-refractivity contribution is 6.51. The molecule has 0 bridgehead atoms. The van der Waals surface area contributed by atoms with Crippen molar-refractivity contribution >= 4 is 34.7 Å². The van der Waals surface area contributed by atoms with E-state index in [0.29, 0.717) is 5.56 Å². The molecule has 2 heterocycles. The molecule has 0 spiro atoms. The van der Waals surface area contributed by atoms with Crippen LogP contribution in [-0.2, 0) is 9.59 Å². The highest BCUT2D eigenvalue weighted by Gasteiger charge is 2.48. The molecule has 0 saturated carbocycles. The number of anilines is 1. The number of halogens is 2. The van der Waals surface area contributed by atoms with Gasteiger partial charge in [-0.3, -0.25) is 14.5 Å². The second kappa shape index (κ2) is 7.22. The number of carbonyl (C=O) groups is 2. The summed E-state index contributed by atoms with van der Waals surface area (Å²) in [5.74, 6) is -2.44. The van der Waals surface area contributed by atoms with Crippen LogP contribution in [0.1, 0.15) is 22.9 Å². The SMILES string of the molecule is Cc1ccc(/C(O)=C2/C(=O)C(=O)N(c3ccc(F)c(Cl)c3)C2c2ccco2)cc1. The molecule has 2 aromatic carbocycles. The number of aliphatic hydroxyl groups is 1. The molecule has 5 nitrogen and oxygen atoms in total. The molecule has 0 radical (unpaired) electrons. The summed E-state index contributed by atoms with van der Waals surface area (Å²) < 4.78 is 19.1. The maximum absolute atomic E-state index is 13.6. The first kappa shape index (κ1) is 19.0. The minimum absolute atomic E-state index is 0.116. The minimum atomic E-state index is -1.02. The monoisotopic (exact) mass is 411 g/mol. The predicted octanol–water partition coefficient (Wildman–Crippen LogP) is 5.01. The molecule has 1 saturated heterocycles. The van der Waals surface area contributed by atoms with Gasteiger partial charge < -0.3 is 9.52 Å². The summed E-state index contributed by atoms with van der Waals surface area (Å²) in [7, 11) is 0. The number of Topliss-reactive ketones (excluding diaryl/α,β-unsaturated/α-hetero) is 1. The zero-order valence-electron chi connectivity index (χ0n) is 15.2. The number of amides is 1. The van der Waals surface area contributed by atoms with Gasteiger partial charge in [-0.1, -0.05) is 41.4 Å². The zero-order chi connectivity index (χ0) is 20.7. The second-order valence-electron chi connectivity index (χ2n) is 6.65. The number of aliphatic hydroxyl groups excluding tert-OH is 1. The number of hydrogen-bond donors (Lipinski definition) is 1. The Morgan fingerprint density at radius 2 is 1.86 bits per heavy atom. The molecule has 1 N–H and O–H groups in total. The molecular weight excluding hydrogens is 397 g/mol. The van der Waals surface area contributed by atoms with E-state index in [1.54, 1.807) is 36.4 Å². The van der Waals surface area contributed by atoms with Crippen molar-refractivity contribution in [3.8, 4) is 0 Å². The van der Waals surface area contributed by atoms with E-state index in [0.717, 1.165) is 16.5 Å². The second-order valence-corrected chi connectivity index (χ2v) is 7.06. The van der Waals surface area contributed by atoms with Crippen LogP contribution in [0.2, 0.25) is 5.02 Å². The van der Waals surface area contributed by atoms with Crippen LogP contribution >= 0.6 is 11.6 Å². The molecule has 0 aliphatic carbocycles. The van der Waals surface area contributed by atoms with Crippen molar-refractivity contribution < 1.29 is 23.5 Å². The van der Waals surface area contributed by atoms with Gasteiger partial charge in [0.2, 0.25) is 0 Å². The number of furan rings is 1. The van der Waals surface area contributed by atoms with Crippen LogP contribution in [0, 0.1) is 12.7 Å². The number of ketones is 1. The first-order valence-corrected chi connectivity index (χ1v) is 9.13. The average Bonchev–Trinajstić information content (AvgIpc) is 3.32. The Morgan fingerprint density at radius 3 is 2.48 bits per heavy atom. The lowest BCUT2D eigenvalue weighted by atomic mass is 9.98. The lowest BCUT2D eigenvalue weighted by Gasteiger charge is -2.23. The standard InChI is InChI=1S/C22H15ClFNO4/c1-12-4-6-13(7-5-12)20(26)18-19(17-3-2-10-29-17)25(22(28)21(18)27)14-8-9-16(24)15(23)11-14/h2-11,19,26H,1H3/b20-18-. The smallest absolute Gasteiger partial charge is 0.300 e. The van der Waals surface area contributed by atoms with E-state index in [1.807, 2.05) is 6.92 Å². The summed E-state index contributed by atoms with van der Waals surface area (Å²) >= 11 is 5.88. The van der Waals surface area contributed by atoms with E-state index in [4.69, 9.17) is 16.0 Å². The molecule has 1 aromatic heterocycles. The first-order chi connectivity index (χ1) is 13.9. The number of rotatable bonds is 3. The Labute approximate surface area is 170 Å². The Balaban J connectivity index is 1.92.